The highest BCUT2D eigenvalue weighted by atomic mass is 16.5. The van der Waals surface area contributed by atoms with E-state index in [0.29, 0.717) is 17.9 Å². The van der Waals surface area contributed by atoms with Gasteiger partial charge in [0.15, 0.2) is 5.78 Å². The van der Waals surface area contributed by atoms with Gasteiger partial charge in [-0.2, -0.15) is 0 Å². The number of imidazole rings is 1. The Kier molecular flexibility index (Phi) is 3.13. The van der Waals surface area contributed by atoms with Gasteiger partial charge in [0.2, 0.25) is 0 Å². The van der Waals surface area contributed by atoms with E-state index < -0.39 is 0 Å². The lowest BCUT2D eigenvalue weighted by atomic mass is 10.1. The quantitative estimate of drug-likeness (QED) is 0.761. The molecule has 1 heterocycles. The van der Waals surface area contributed by atoms with Crippen LogP contribution in [0, 0.1) is 0 Å². The molecule has 0 radical (unpaired) electrons. The average Bonchev–Trinajstić information content (AvgIpc) is 2.72. The molecule has 17 heavy (non-hydrogen) atoms. The molecule has 0 aliphatic rings. The molecule has 0 atom stereocenters. The molecule has 0 unspecified atom stereocenters. The van der Waals surface area contributed by atoms with Gasteiger partial charge in [-0.25, -0.2) is 4.98 Å². The minimum absolute atomic E-state index is 0.0386. The SMILES string of the molecule is CCOc1cc(C(C)=O)cc2c1ncn2CC. The number of benzene rings is 1. The van der Waals surface area contributed by atoms with Crippen molar-refractivity contribution in [1.29, 1.82) is 0 Å². The number of hydrogen-bond donors (Lipinski definition) is 0. The molecule has 0 aliphatic heterocycles. The highest BCUT2D eigenvalue weighted by molar-refractivity contribution is 5.99. The van der Waals surface area contributed by atoms with Crippen LogP contribution in [0.3, 0.4) is 0 Å². The van der Waals surface area contributed by atoms with Crippen molar-refractivity contribution in [1.82, 2.24) is 9.55 Å². The van der Waals surface area contributed by atoms with Crippen molar-refractivity contribution in [3.63, 3.8) is 0 Å². The van der Waals surface area contributed by atoms with E-state index in [1.807, 2.05) is 24.5 Å². The molecule has 0 saturated heterocycles. The third-order valence-electron chi connectivity index (χ3n) is 2.74. The molecule has 1 aromatic heterocycles. The molecule has 90 valence electrons. The van der Waals surface area contributed by atoms with Gasteiger partial charge >= 0.3 is 0 Å². The lowest BCUT2D eigenvalue weighted by molar-refractivity contribution is 0.101. The summed E-state index contributed by atoms with van der Waals surface area (Å²) in [6.45, 7) is 6.91. The van der Waals surface area contributed by atoms with Gasteiger partial charge in [-0.15, -0.1) is 0 Å². The molecular weight excluding hydrogens is 216 g/mol. The number of aromatic nitrogens is 2. The first-order valence-electron chi connectivity index (χ1n) is 5.80. The fourth-order valence-corrected chi connectivity index (χ4v) is 1.85. The highest BCUT2D eigenvalue weighted by Gasteiger charge is 2.12. The standard InChI is InChI=1S/C13H16N2O2/c1-4-15-8-14-13-11(15)6-10(9(3)16)7-12(13)17-5-2/h6-8H,4-5H2,1-3H3. The van der Waals surface area contributed by atoms with Crippen LogP contribution in [0.25, 0.3) is 11.0 Å². The zero-order chi connectivity index (χ0) is 12.4. The van der Waals surface area contributed by atoms with E-state index in [-0.39, 0.29) is 5.78 Å². The van der Waals surface area contributed by atoms with Crippen LogP contribution in [-0.4, -0.2) is 21.9 Å². The summed E-state index contributed by atoms with van der Waals surface area (Å²) in [5.74, 6) is 0.721. The molecule has 0 spiro atoms. The van der Waals surface area contributed by atoms with Crippen LogP contribution >= 0.6 is 0 Å². The lowest BCUT2D eigenvalue weighted by Crippen LogP contribution is -1.99. The molecule has 0 aliphatic carbocycles. The molecule has 4 nitrogen and oxygen atoms in total. The fraction of sp³-hybridized carbons (Fsp3) is 0.385. The normalized spacial score (nSPS) is 10.8. The third-order valence-corrected chi connectivity index (χ3v) is 2.74. The van der Waals surface area contributed by atoms with E-state index in [4.69, 9.17) is 4.74 Å². The van der Waals surface area contributed by atoms with E-state index in [0.717, 1.165) is 17.6 Å². The minimum atomic E-state index is 0.0386. The second-order valence-corrected chi connectivity index (χ2v) is 3.86. The number of nitrogens with zero attached hydrogens (tertiary/aromatic N) is 2. The summed E-state index contributed by atoms with van der Waals surface area (Å²) < 4.78 is 7.54. The van der Waals surface area contributed by atoms with Crippen LogP contribution < -0.4 is 4.74 Å². The Balaban J connectivity index is 2.69. The van der Waals surface area contributed by atoms with E-state index in [1.165, 1.54) is 0 Å². The van der Waals surface area contributed by atoms with E-state index in [2.05, 4.69) is 4.98 Å². The Morgan fingerprint density at radius 2 is 2.18 bits per heavy atom. The number of aryl methyl sites for hydroxylation is 1. The van der Waals surface area contributed by atoms with Crippen molar-refractivity contribution in [3.05, 3.63) is 24.0 Å². The number of rotatable bonds is 4. The topological polar surface area (TPSA) is 44.1 Å². The van der Waals surface area contributed by atoms with Gasteiger partial charge in [-0.1, -0.05) is 0 Å². The number of ether oxygens (including phenoxy) is 1. The van der Waals surface area contributed by atoms with Gasteiger partial charge in [-0.05, 0) is 32.9 Å². The van der Waals surface area contributed by atoms with Crippen molar-refractivity contribution in [2.45, 2.75) is 27.3 Å². The first kappa shape index (κ1) is 11.6. The highest BCUT2D eigenvalue weighted by Crippen LogP contribution is 2.27. The molecule has 0 fully saturated rings. The lowest BCUT2D eigenvalue weighted by Gasteiger charge is -2.07. The van der Waals surface area contributed by atoms with Gasteiger partial charge in [0.25, 0.3) is 0 Å². The maximum absolute atomic E-state index is 11.5. The Morgan fingerprint density at radius 1 is 1.41 bits per heavy atom. The van der Waals surface area contributed by atoms with Crippen LogP contribution in [0.1, 0.15) is 31.1 Å². The maximum Gasteiger partial charge on any atom is 0.160 e. The van der Waals surface area contributed by atoms with Gasteiger partial charge < -0.3 is 9.30 Å². The van der Waals surface area contributed by atoms with Crippen molar-refractivity contribution >= 4 is 16.8 Å². The Labute approximate surface area is 100 Å². The number of ketones is 1. The number of carbonyl (C=O) groups is 1. The smallest absolute Gasteiger partial charge is 0.160 e. The number of carbonyl (C=O) groups excluding carboxylic acids is 1. The molecule has 0 amide bonds. The van der Waals surface area contributed by atoms with Crippen molar-refractivity contribution in [2.75, 3.05) is 6.61 Å². The zero-order valence-electron chi connectivity index (χ0n) is 10.4. The summed E-state index contributed by atoms with van der Waals surface area (Å²) in [5, 5.41) is 0. The number of fused-ring (bicyclic) bond motifs is 1. The number of Topliss-reactive ketones (excluding diaryl/α,β-unsaturated/α-hetero) is 1. The summed E-state index contributed by atoms with van der Waals surface area (Å²) in [6.07, 6.45) is 1.77. The number of hydrogen-bond acceptors (Lipinski definition) is 3. The first-order valence-corrected chi connectivity index (χ1v) is 5.80. The van der Waals surface area contributed by atoms with Gasteiger partial charge in [0.1, 0.15) is 11.3 Å². The molecule has 2 aromatic rings. The Hall–Kier alpha value is -1.84. The molecule has 4 heteroatoms. The van der Waals surface area contributed by atoms with Gasteiger partial charge in [-0.3, -0.25) is 4.79 Å². The van der Waals surface area contributed by atoms with Crippen molar-refractivity contribution in [2.24, 2.45) is 0 Å². The van der Waals surface area contributed by atoms with Crippen molar-refractivity contribution < 1.29 is 9.53 Å². The monoisotopic (exact) mass is 232 g/mol. The molecule has 0 saturated carbocycles. The van der Waals surface area contributed by atoms with Crippen LogP contribution in [0.4, 0.5) is 0 Å². The van der Waals surface area contributed by atoms with Gasteiger partial charge in [0, 0.05) is 12.1 Å². The van der Waals surface area contributed by atoms with E-state index in [9.17, 15) is 4.79 Å². The Morgan fingerprint density at radius 3 is 2.76 bits per heavy atom. The average molecular weight is 232 g/mol. The summed E-state index contributed by atoms with van der Waals surface area (Å²) in [4.78, 5) is 15.8. The van der Waals surface area contributed by atoms with Crippen LogP contribution in [0.2, 0.25) is 0 Å². The predicted octanol–water partition coefficient (Wildman–Crippen LogP) is 2.66. The second-order valence-electron chi connectivity index (χ2n) is 3.86. The zero-order valence-corrected chi connectivity index (χ0v) is 10.4. The van der Waals surface area contributed by atoms with Crippen LogP contribution in [0.5, 0.6) is 5.75 Å². The Bertz CT molecular complexity index is 558. The predicted molar refractivity (Wildman–Crippen MR) is 66.6 cm³/mol. The minimum Gasteiger partial charge on any atom is -0.492 e. The molecule has 2 rings (SSSR count). The maximum atomic E-state index is 11.5. The van der Waals surface area contributed by atoms with Crippen LogP contribution in [-0.2, 0) is 6.54 Å². The summed E-state index contributed by atoms with van der Waals surface area (Å²) in [7, 11) is 0. The molecule has 0 bridgehead atoms. The fourth-order valence-electron chi connectivity index (χ4n) is 1.85. The summed E-state index contributed by atoms with van der Waals surface area (Å²) >= 11 is 0. The largest absolute Gasteiger partial charge is 0.492 e. The third kappa shape index (κ3) is 2.02. The van der Waals surface area contributed by atoms with Crippen LogP contribution in [0.15, 0.2) is 18.5 Å². The molecule has 0 N–H and O–H groups in total. The second kappa shape index (κ2) is 4.57. The summed E-state index contributed by atoms with van der Waals surface area (Å²) in [5.41, 5.74) is 2.43. The summed E-state index contributed by atoms with van der Waals surface area (Å²) in [6, 6.07) is 3.64. The molecule has 1 aromatic carbocycles. The van der Waals surface area contributed by atoms with E-state index in [1.54, 1.807) is 19.3 Å². The molecular formula is C13H16N2O2. The van der Waals surface area contributed by atoms with E-state index >= 15 is 0 Å². The first-order chi connectivity index (χ1) is 8.17. The van der Waals surface area contributed by atoms with Crippen molar-refractivity contribution in [3.8, 4) is 5.75 Å². The van der Waals surface area contributed by atoms with Gasteiger partial charge in [0.05, 0.1) is 18.5 Å².